The van der Waals surface area contributed by atoms with Crippen molar-refractivity contribution in [1.82, 2.24) is 5.32 Å². The number of ether oxygens (including phenoxy) is 3. The molecule has 0 heterocycles. The number of methoxy groups -OCH3 is 3. The maximum absolute atomic E-state index is 12.5. The number of carbonyl (C=O) groups excluding carboxylic acids is 1. The molecule has 0 spiro atoms. The minimum absolute atomic E-state index is 0.0362. The van der Waals surface area contributed by atoms with Gasteiger partial charge in [0.2, 0.25) is 11.7 Å². The Morgan fingerprint density at radius 3 is 2.04 bits per heavy atom. The maximum Gasteiger partial charge on any atom is 0.224 e. The van der Waals surface area contributed by atoms with Crippen LogP contribution < -0.4 is 19.5 Å². The number of carbonyl (C=O) groups is 1. The highest BCUT2D eigenvalue weighted by Gasteiger charge is 2.18. The number of amides is 1. The molecule has 1 atom stereocenters. The lowest BCUT2D eigenvalue weighted by molar-refractivity contribution is -0.120. The first-order valence-corrected chi connectivity index (χ1v) is 9.10. The van der Waals surface area contributed by atoms with Crippen molar-refractivity contribution in [2.45, 2.75) is 26.2 Å². The van der Waals surface area contributed by atoms with E-state index < -0.39 is 0 Å². The van der Waals surface area contributed by atoms with E-state index in [2.05, 4.69) is 31.3 Å². The zero-order valence-electron chi connectivity index (χ0n) is 16.7. The Bertz CT molecular complexity index is 718. The Morgan fingerprint density at radius 2 is 1.56 bits per heavy atom. The fourth-order valence-corrected chi connectivity index (χ4v) is 3.15. The van der Waals surface area contributed by atoms with Crippen LogP contribution in [0.25, 0.3) is 0 Å². The average Bonchev–Trinajstić information content (AvgIpc) is 2.67. The molecule has 2 aromatic rings. The van der Waals surface area contributed by atoms with Crippen LogP contribution in [0.4, 0.5) is 0 Å². The maximum atomic E-state index is 12.5. The molecule has 146 valence electrons. The quantitative estimate of drug-likeness (QED) is 0.728. The van der Waals surface area contributed by atoms with Crippen LogP contribution in [0.15, 0.2) is 42.5 Å². The van der Waals surface area contributed by atoms with Gasteiger partial charge in [-0.2, -0.15) is 0 Å². The molecule has 0 saturated heterocycles. The average molecular weight is 371 g/mol. The summed E-state index contributed by atoms with van der Waals surface area (Å²) in [4.78, 5) is 12.5. The summed E-state index contributed by atoms with van der Waals surface area (Å²) in [5.74, 6) is 2.27. The van der Waals surface area contributed by atoms with Gasteiger partial charge in [-0.3, -0.25) is 4.79 Å². The molecule has 5 heteroatoms. The zero-order valence-corrected chi connectivity index (χ0v) is 16.7. The van der Waals surface area contributed by atoms with Crippen LogP contribution in [-0.2, 0) is 11.2 Å². The lowest BCUT2D eigenvalue weighted by atomic mass is 9.88. The summed E-state index contributed by atoms with van der Waals surface area (Å²) in [6.45, 7) is 4.94. The minimum atomic E-state index is -0.0362. The Balaban J connectivity index is 2.07. The van der Waals surface area contributed by atoms with Gasteiger partial charge in [-0.1, -0.05) is 44.2 Å². The number of hydrogen-bond acceptors (Lipinski definition) is 4. The van der Waals surface area contributed by atoms with E-state index in [1.165, 1.54) is 5.56 Å². The topological polar surface area (TPSA) is 56.8 Å². The number of nitrogens with one attached hydrogen (secondary N) is 1. The van der Waals surface area contributed by atoms with E-state index in [9.17, 15) is 4.79 Å². The molecule has 1 N–H and O–H groups in total. The second kappa shape index (κ2) is 9.86. The lowest BCUT2D eigenvalue weighted by Gasteiger charge is -2.22. The van der Waals surface area contributed by atoms with Gasteiger partial charge in [0.15, 0.2) is 11.5 Å². The summed E-state index contributed by atoms with van der Waals surface area (Å²) in [6.07, 6.45) is 0.246. The highest BCUT2D eigenvalue weighted by atomic mass is 16.5. The van der Waals surface area contributed by atoms with E-state index in [0.29, 0.717) is 29.7 Å². The predicted molar refractivity (Wildman–Crippen MR) is 107 cm³/mol. The van der Waals surface area contributed by atoms with Crippen molar-refractivity contribution >= 4 is 5.91 Å². The van der Waals surface area contributed by atoms with Crippen LogP contribution in [0, 0.1) is 5.92 Å². The van der Waals surface area contributed by atoms with Crippen LogP contribution in [-0.4, -0.2) is 33.8 Å². The van der Waals surface area contributed by atoms with Gasteiger partial charge in [-0.05, 0) is 29.2 Å². The first-order valence-electron chi connectivity index (χ1n) is 9.10. The minimum Gasteiger partial charge on any atom is -0.493 e. The standard InChI is InChI=1S/C22H29NO4/c1-15(2)18(17-9-7-6-8-10-17)14-23-21(24)13-16-11-19(25-3)22(27-5)20(12-16)26-4/h6-12,15,18H,13-14H2,1-5H3,(H,23,24). The largest absolute Gasteiger partial charge is 0.493 e. The van der Waals surface area contributed by atoms with E-state index in [0.717, 1.165) is 5.56 Å². The summed E-state index contributed by atoms with van der Waals surface area (Å²) < 4.78 is 16.0. The molecule has 0 aromatic heterocycles. The third-order valence-corrected chi connectivity index (χ3v) is 4.64. The smallest absolute Gasteiger partial charge is 0.224 e. The van der Waals surface area contributed by atoms with Crippen LogP contribution in [0.5, 0.6) is 17.2 Å². The van der Waals surface area contributed by atoms with Crippen LogP contribution in [0.3, 0.4) is 0 Å². The number of benzene rings is 2. The van der Waals surface area contributed by atoms with Crippen molar-refractivity contribution in [3.8, 4) is 17.2 Å². The van der Waals surface area contributed by atoms with Gasteiger partial charge in [0.25, 0.3) is 0 Å². The number of hydrogen-bond donors (Lipinski definition) is 1. The zero-order chi connectivity index (χ0) is 19.8. The first kappa shape index (κ1) is 20.6. The molecule has 2 rings (SSSR count). The van der Waals surface area contributed by atoms with E-state index in [1.807, 2.05) is 18.2 Å². The van der Waals surface area contributed by atoms with Gasteiger partial charge in [-0.25, -0.2) is 0 Å². The van der Waals surface area contributed by atoms with Crippen molar-refractivity contribution in [3.05, 3.63) is 53.6 Å². The third-order valence-electron chi connectivity index (χ3n) is 4.64. The molecule has 0 bridgehead atoms. The van der Waals surface area contributed by atoms with Crippen LogP contribution >= 0.6 is 0 Å². The van der Waals surface area contributed by atoms with Gasteiger partial charge in [0.1, 0.15) is 0 Å². The van der Waals surface area contributed by atoms with E-state index in [4.69, 9.17) is 14.2 Å². The molecule has 27 heavy (non-hydrogen) atoms. The van der Waals surface area contributed by atoms with Gasteiger partial charge in [-0.15, -0.1) is 0 Å². The van der Waals surface area contributed by atoms with Gasteiger partial charge < -0.3 is 19.5 Å². The van der Waals surface area contributed by atoms with Gasteiger partial charge in [0.05, 0.1) is 27.8 Å². The third kappa shape index (κ3) is 5.39. The molecule has 0 radical (unpaired) electrons. The van der Waals surface area contributed by atoms with Crippen molar-refractivity contribution in [2.24, 2.45) is 5.92 Å². The van der Waals surface area contributed by atoms with Crippen LogP contribution in [0.1, 0.15) is 30.9 Å². The fourth-order valence-electron chi connectivity index (χ4n) is 3.15. The molecule has 0 aliphatic carbocycles. The second-order valence-electron chi connectivity index (χ2n) is 6.78. The fraction of sp³-hybridized carbons (Fsp3) is 0.409. The summed E-state index contributed by atoms with van der Waals surface area (Å²) in [5, 5.41) is 3.06. The molecule has 0 saturated carbocycles. The molecule has 0 aliphatic rings. The van der Waals surface area contributed by atoms with Gasteiger partial charge in [0, 0.05) is 12.5 Å². The number of rotatable bonds is 9. The monoisotopic (exact) mass is 371 g/mol. The summed E-state index contributed by atoms with van der Waals surface area (Å²) in [7, 11) is 4.69. The van der Waals surface area contributed by atoms with Crippen molar-refractivity contribution in [3.63, 3.8) is 0 Å². The SMILES string of the molecule is COc1cc(CC(=O)NCC(c2ccccc2)C(C)C)cc(OC)c1OC. The molecule has 0 aliphatic heterocycles. The van der Waals surface area contributed by atoms with E-state index in [-0.39, 0.29) is 18.2 Å². The Kier molecular flexibility index (Phi) is 7.53. The van der Waals surface area contributed by atoms with E-state index >= 15 is 0 Å². The Labute approximate surface area is 161 Å². The second-order valence-corrected chi connectivity index (χ2v) is 6.78. The van der Waals surface area contributed by atoms with Crippen molar-refractivity contribution < 1.29 is 19.0 Å². The molecule has 2 aromatic carbocycles. The Morgan fingerprint density at radius 1 is 0.963 bits per heavy atom. The molecule has 5 nitrogen and oxygen atoms in total. The molecule has 1 amide bonds. The highest BCUT2D eigenvalue weighted by Crippen LogP contribution is 2.38. The van der Waals surface area contributed by atoms with Crippen molar-refractivity contribution in [2.75, 3.05) is 27.9 Å². The van der Waals surface area contributed by atoms with Crippen molar-refractivity contribution in [1.29, 1.82) is 0 Å². The molecule has 1 unspecified atom stereocenters. The Hall–Kier alpha value is -2.69. The van der Waals surface area contributed by atoms with E-state index in [1.54, 1.807) is 33.5 Å². The first-order chi connectivity index (χ1) is 13.0. The summed E-state index contributed by atoms with van der Waals surface area (Å²) in [6, 6.07) is 13.9. The van der Waals surface area contributed by atoms with Gasteiger partial charge >= 0.3 is 0 Å². The normalized spacial score (nSPS) is 11.8. The molecular weight excluding hydrogens is 342 g/mol. The summed E-state index contributed by atoms with van der Waals surface area (Å²) in [5.41, 5.74) is 2.04. The molecular formula is C22H29NO4. The summed E-state index contributed by atoms with van der Waals surface area (Å²) >= 11 is 0. The lowest BCUT2D eigenvalue weighted by Crippen LogP contribution is -2.31. The highest BCUT2D eigenvalue weighted by molar-refractivity contribution is 5.79. The molecule has 0 fully saturated rings. The van der Waals surface area contributed by atoms with Crippen LogP contribution in [0.2, 0.25) is 0 Å². The predicted octanol–water partition coefficient (Wildman–Crippen LogP) is 3.81.